The molecule has 2 nitrogen and oxygen atoms in total. The molecule has 4 aromatic carbocycles. The quantitative estimate of drug-likeness (QED) is 0.133. The lowest BCUT2D eigenvalue weighted by molar-refractivity contribution is 0.539. The van der Waals surface area contributed by atoms with Crippen molar-refractivity contribution >= 4 is 32.6 Å². The van der Waals surface area contributed by atoms with Crippen LogP contribution in [0.4, 0.5) is 0 Å². The molecule has 0 aliphatic carbocycles. The van der Waals surface area contributed by atoms with Gasteiger partial charge < -0.3 is 4.57 Å². The summed E-state index contributed by atoms with van der Waals surface area (Å²) in [6, 6.07) is 28.5. The highest BCUT2D eigenvalue weighted by Crippen LogP contribution is 2.37. The Morgan fingerprint density at radius 1 is 0.600 bits per heavy atom. The van der Waals surface area contributed by atoms with E-state index in [1.54, 1.807) is 0 Å². The summed E-state index contributed by atoms with van der Waals surface area (Å²) in [5.74, 6) is 1.11. The largest absolute Gasteiger partial charge is 0.324 e. The predicted molar refractivity (Wildman–Crippen MR) is 152 cm³/mol. The van der Waals surface area contributed by atoms with Gasteiger partial charge in [0.2, 0.25) is 0 Å². The summed E-state index contributed by atoms with van der Waals surface area (Å²) in [5.41, 5.74) is 3.60. The summed E-state index contributed by atoms with van der Waals surface area (Å²) >= 11 is 0. The topological polar surface area (TPSA) is 17.8 Å². The minimum absolute atomic E-state index is 1.02. The summed E-state index contributed by atoms with van der Waals surface area (Å²) in [4.78, 5) is 5.21. The van der Waals surface area contributed by atoms with Gasteiger partial charge in [0.1, 0.15) is 5.82 Å². The normalized spacial score (nSPS) is 11.7. The van der Waals surface area contributed by atoms with E-state index in [-0.39, 0.29) is 0 Å². The van der Waals surface area contributed by atoms with Gasteiger partial charge in [-0.25, -0.2) is 4.98 Å². The highest BCUT2D eigenvalue weighted by molar-refractivity contribution is 6.12. The fourth-order valence-corrected chi connectivity index (χ4v) is 5.50. The summed E-state index contributed by atoms with van der Waals surface area (Å²) in [7, 11) is 0. The van der Waals surface area contributed by atoms with Gasteiger partial charge in [0, 0.05) is 12.1 Å². The summed E-state index contributed by atoms with van der Waals surface area (Å²) in [6.07, 6.45) is 13.6. The molecule has 0 atom stereocenters. The number of para-hydroxylation sites is 2. The molecule has 5 rings (SSSR count). The molecule has 0 unspecified atom stereocenters. The maximum absolute atomic E-state index is 5.21. The number of fused-ring (bicyclic) bond motifs is 3. The predicted octanol–water partition coefficient (Wildman–Crippen LogP) is 9.93. The molecule has 35 heavy (non-hydrogen) atoms. The zero-order chi connectivity index (χ0) is 23.9. The highest BCUT2D eigenvalue weighted by atomic mass is 15.1. The second kappa shape index (κ2) is 11.5. The molecule has 0 bridgehead atoms. The van der Waals surface area contributed by atoms with Crippen LogP contribution in [0.25, 0.3) is 44.0 Å². The Balaban J connectivity index is 1.40. The van der Waals surface area contributed by atoms with Crippen molar-refractivity contribution in [2.45, 2.75) is 77.7 Å². The van der Waals surface area contributed by atoms with Crippen LogP contribution in [-0.2, 0) is 6.54 Å². The second-order valence-corrected chi connectivity index (χ2v) is 9.95. The van der Waals surface area contributed by atoms with E-state index in [4.69, 9.17) is 4.98 Å². The molecular weight excluding hydrogens is 424 g/mol. The van der Waals surface area contributed by atoms with E-state index in [1.807, 2.05) is 0 Å². The number of aryl methyl sites for hydroxylation is 1. The fourth-order valence-electron chi connectivity index (χ4n) is 5.50. The highest BCUT2D eigenvalue weighted by Gasteiger charge is 2.17. The van der Waals surface area contributed by atoms with E-state index in [2.05, 4.69) is 90.4 Å². The first kappa shape index (κ1) is 23.6. The maximum atomic E-state index is 5.21. The standard InChI is InChI=1S/C33H38N2/c1-2-3-4-5-6-7-8-9-10-17-24-35-31-23-16-15-22-30(31)34-33(35)32-28-20-13-11-18-26(28)25-27-19-12-14-21-29(27)32/h11-16,18-23,25H,2-10,17,24H2,1H3. The number of benzene rings is 4. The average molecular weight is 463 g/mol. The zero-order valence-corrected chi connectivity index (χ0v) is 21.2. The molecule has 2 heteroatoms. The molecule has 0 radical (unpaired) electrons. The Labute approximate surface area is 210 Å². The summed E-state index contributed by atoms with van der Waals surface area (Å²) in [6.45, 7) is 3.31. The van der Waals surface area contributed by atoms with Gasteiger partial charge in [-0.3, -0.25) is 0 Å². The Bertz CT molecular complexity index is 1340. The lowest BCUT2D eigenvalue weighted by Gasteiger charge is -2.14. The first-order chi connectivity index (χ1) is 17.4. The number of hydrogen-bond donors (Lipinski definition) is 0. The van der Waals surface area contributed by atoms with E-state index < -0.39 is 0 Å². The average Bonchev–Trinajstić information content (AvgIpc) is 3.26. The van der Waals surface area contributed by atoms with Crippen molar-refractivity contribution in [2.75, 3.05) is 0 Å². The molecular formula is C33H38N2. The molecule has 1 aromatic heterocycles. The molecule has 0 saturated carbocycles. The van der Waals surface area contributed by atoms with E-state index in [9.17, 15) is 0 Å². The van der Waals surface area contributed by atoms with Crippen LogP contribution in [0.15, 0.2) is 78.9 Å². The van der Waals surface area contributed by atoms with Gasteiger partial charge in [-0.2, -0.15) is 0 Å². The van der Waals surface area contributed by atoms with E-state index in [1.165, 1.54) is 96.8 Å². The van der Waals surface area contributed by atoms with Crippen molar-refractivity contribution < 1.29 is 0 Å². The van der Waals surface area contributed by atoms with Crippen LogP contribution in [-0.4, -0.2) is 9.55 Å². The summed E-state index contributed by atoms with van der Waals surface area (Å²) in [5, 5.41) is 5.12. The van der Waals surface area contributed by atoms with Crippen LogP contribution in [0.2, 0.25) is 0 Å². The van der Waals surface area contributed by atoms with Gasteiger partial charge in [-0.05, 0) is 46.2 Å². The van der Waals surface area contributed by atoms with Gasteiger partial charge in [-0.15, -0.1) is 0 Å². The first-order valence-corrected chi connectivity index (χ1v) is 13.7. The lowest BCUT2D eigenvalue weighted by Crippen LogP contribution is -2.02. The van der Waals surface area contributed by atoms with E-state index >= 15 is 0 Å². The Kier molecular flexibility index (Phi) is 7.78. The molecule has 0 amide bonds. The van der Waals surface area contributed by atoms with E-state index in [0.29, 0.717) is 0 Å². The number of rotatable bonds is 12. The van der Waals surface area contributed by atoms with Gasteiger partial charge in [0.15, 0.2) is 0 Å². The first-order valence-electron chi connectivity index (χ1n) is 13.7. The number of unbranched alkanes of at least 4 members (excludes halogenated alkanes) is 9. The SMILES string of the molecule is CCCCCCCCCCCCn1c(-c2c3ccccc3cc3ccccc23)nc2ccccc21. The van der Waals surface area contributed by atoms with Crippen LogP contribution in [0.1, 0.15) is 71.1 Å². The Morgan fingerprint density at radius 3 is 1.80 bits per heavy atom. The molecule has 0 saturated heterocycles. The van der Waals surface area contributed by atoms with Crippen LogP contribution in [0.3, 0.4) is 0 Å². The number of imidazole rings is 1. The van der Waals surface area contributed by atoms with Gasteiger partial charge in [0.05, 0.1) is 11.0 Å². The maximum Gasteiger partial charge on any atom is 0.142 e. The third-order valence-electron chi connectivity index (χ3n) is 7.38. The van der Waals surface area contributed by atoms with Crippen LogP contribution in [0, 0.1) is 0 Å². The second-order valence-electron chi connectivity index (χ2n) is 9.95. The fraction of sp³-hybridized carbons (Fsp3) is 0.364. The molecule has 0 spiro atoms. The Hall–Kier alpha value is -3.13. The van der Waals surface area contributed by atoms with Gasteiger partial charge >= 0.3 is 0 Å². The third kappa shape index (κ3) is 5.27. The molecule has 0 fully saturated rings. The van der Waals surface area contributed by atoms with Crippen molar-refractivity contribution in [3.05, 3.63) is 78.9 Å². The minimum Gasteiger partial charge on any atom is -0.324 e. The van der Waals surface area contributed by atoms with Crippen LogP contribution >= 0.6 is 0 Å². The van der Waals surface area contributed by atoms with E-state index in [0.717, 1.165) is 17.9 Å². The lowest BCUT2D eigenvalue weighted by atomic mass is 9.96. The van der Waals surface area contributed by atoms with Crippen LogP contribution < -0.4 is 0 Å². The molecule has 5 aromatic rings. The minimum atomic E-state index is 1.02. The van der Waals surface area contributed by atoms with Gasteiger partial charge in [-0.1, -0.05) is 125 Å². The molecule has 0 N–H and O–H groups in total. The molecule has 0 aliphatic heterocycles. The molecule has 0 aliphatic rings. The summed E-state index contributed by atoms with van der Waals surface area (Å²) < 4.78 is 2.48. The molecule has 180 valence electrons. The Morgan fingerprint density at radius 2 is 1.14 bits per heavy atom. The van der Waals surface area contributed by atoms with Crippen molar-refractivity contribution in [1.29, 1.82) is 0 Å². The number of aromatic nitrogens is 2. The smallest absolute Gasteiger partial charge is 0.142 e. The van der Waals surface area contributed by atoms with Crippen molar-refractivity contribution in [3.8, 4) is 11.4 Å². The third-order valence-corrected chi connectivity index (χ3v) is 7.38. The van der Waals surface area contributed by atoms with Crippen molar-refractivity contribution in [3.63, 3.8) is 0 Å². The number of hydrogen-bond acceptors (Lipinski definition) is 1. The zero-order valence-electron chi connectivity index (χ0n) is 21.2. The molecule has 1 heterocycles. The monoisotopic (exact) mass is 462 g/mol. The van der Waals surface area contributed by atoms with Gasteiger partial charge in [0.25, 0.3) is 0 Å². The van der Waals surface area contributed by atoms with Crippen LogP contribution in [0.5, 0.6) is 0 Å². The van der Waals surface area contributed by atoms with Crippen molar-refractivity contribution in [2.24, 2.45) is 0 Å². The number of nitrogens with zero attached hydrogens (tertiary/aromatic N) is 2. The van der Waals surface area contributed by atoms with Crippen molar-refractivity contribution in [1.82, 2.24) is 9.55 Å².